The zero-order valence-electron chi connectivity index (χ0n) is 23.2. The second-order valence-electron chi connectivity index (χ2n) is 10.6. The average Bonchev–Trinajstić information content (AvgIpc) is 3.52. The van der Waals surface area contributed by atoms with Gasteiger partial charge in [0.25, 0.3) is 0 Å². The van der Waals surface area contributed by atoms with Crippen LogP contribution in [0.1, 0.15) is 16.9 Å². The normalized spacial score (nSPS) is 12.3. The molecule has 5 heteroatoms. The molecule has 0 fully saturated rings. The zero-order valence-corrected chi connectivity index (χ0v) is 23.2. The lowest BCUT2D eigenvalue weighted by Crippen LogP contribution is -2.12. The van der Waals surface area contributed by atoms with Gasteiger partial charge in [0, 0.05) is 28.4 Å². The molecule has 0 unspecified atom stereocenters. The van der Waals surface area contributed by atoms with Gasteiger partial charge in [0.15, 0.2) is 0 Å². The van der Waals surface area contributed by atoms with Crippen molar-refractivity contribution >= 4 is 39.9 Å². The Morgan fingerprint density at radius 3 is 2.28 bits per heavy atom. The van der Waals surface area contributed by atoms with Crippen LogP contribution >= 0.6 is 0 Å². The number of para-hydroxylation sites is 1. The minimum atomic E-state index is -1.28. The van der Waals surface area contributed by atoms with Crippen molar-refractivity contribution in [3.8, 4) is 28.5 Å². The minimum absolute atomic E-state index is 0.332. The number of carboxylic acids is 1. The molecule has 1 N–H and O–H groups in total. The van der Waals surface area contributed by atoms with Crippen LogP contribution in [0.15, 0.2) is 131 Å². The van der Waals surface area contributed by atoms with Gasteiger partial charge in [-0.25, -0.2) is 4.79 Å². The number of fused-ring (bicyclic) bond motifs is 4. The van der Waals surface area contributed by atoms with E-state index in [1.54, 1.807) is 18.2 Å². The summed E-state index contributed by atoms with van der Waals surface area (Å²) in [5.41, 5.74) is 8.90. The summed E-state index contributed by atoms with van der Waals surface area (Å²) in [6, 6.07) is 43.7. The minimum Gasteiger partial charge on any atom is -0.477 e. The van der Waals surface area contributed by atoms with Crippen LogP contribution < -0.4 is 4.90 Å². The molecule has 0 bridgehead atoms. The summed E-state index contributed by atoms with van der Waals surface area (Å²) in [5.74, 6) is -0.315. The summed E-state index contributed by atoms with van der Waals surface area (Å²) in [4.78, 5) is 13.5. The smallest absolute Gasteiger partial charge is 0.346 e. The number of furan rings is 1. The molecule has 0 saturated heterocycles. The molecule has 0 spiro atoms. The van der Waals surface area contributed by atoms with Crippen molar-refractivity contribution < 1.29 is 14.3 Å². The first-order chi connectivity index (χ1) is 21.1. The number of nitriles is 1. The predicted molar refractivity (Wildman–Crippen MR) is 170 cm³/mol. The Hall–Kier alpha value is -5.86. The van der Waals surface area contributed by atoms with Gasteiger partial charge in [-0.3, -0.25) is 0 Å². The molecule has 0 atom stereocenters. The largest absolute Gasteiger partial charge is 0.477 e. The van der Waals surface area contributed by atoms with E-state index >= 15 is 0 Å². The van der Waals surface area contributed by atoms with E-state index < -0.39 is 5.97 Å². The summed E-state index contributed by atoms with van der Waals surface area (Å²) in [7, 11) is 0. The predicted octanol–water partition coefficient (Wildman–Crippen LogP) is 9.33. The Balaban J connectivity index is 1.25. The summed E-state index contributed by atoms with van der Waals surface area (Å²) in [6.45, 7) is 0. The van der Waals surface area contributed by atoms with Gasteiger partial charge in [0.1, 0.15) is 23.2 Å². The van der Waals surface area contributed by atoms with E-state index in [4.69, 9.17) is 14.8 Å². The van der Waals surface area contributed by atoms with E-state index in [1.165, 1.54) is 39.1 Å². The van der Waals surface area contributed by atoms with Gasteiger partial charge >= 0.3 is 5.97 Å². The first-order valence-corrected chi connectivity index (χ1v) is 14.1. The van der Waals surface area contributed by atoms with E-state index in [-0.39, 0.29) is 5.57 Å². The molecule has 1 heterocycles. The summed E-state index contributed by atoms with van der Waals surface area (Å²) in [5, 5.41) is 20.6. The van der Waals surface area contributed by atoms with Crippen molar-refractivity contribution in [3.63, 3.8) is 0 Å². The van der Waals surface area contributed by atoms with E-state index in [1.807, 2.05) is 12.1 Å². The quantitative estimate of drug-likeness (QED) is 0.163. The van der Waals surface area contributed by atoms with Crippen LogP contribution in [0.4, 0.5) is 17.1 Å². The lowest BCUT2D eigenvalue weighted by molar-refractivity contribution is -0.132. The molecule has 0 radical (unpaired) electrons. The average molecular weight is 559 g/mol. The number of nitrogens with zero attached hydrogens (tertiary/aromatic N) is 2. The molecule has 1 aliphatic carbocycles. The highest BCUT2D eigenvalue weighted by atomic mass is 16.4. The highest BCUT2D eigenvalue weighted by Gasteiger charge is 2.21. The first-order valence-electron chi connectivity index (χ1n) is 14.1. The fraction of sp³-hybridized carbons (Fsp3) is 0.0526. The Labute approximate surface area is 249 Å². The van der Waals surface area contributed by atoms with Crippen molar-refractivity contribution in [3.05, 3.63) is 144 Å². The number of aryl methyl sites for hydroxylation is 2. The van der Waals surface area contributed by atoms with Gasteiger partial charge < -0.3 is 14.4 Å². The Morgan fingerprint density at radius 1 is 0.767 bits per heavy atom. The molecule has 43 heavy (non-hydrogen) atoms. The van der Waals surface area contributed by atoms with Crippen LogP contribution in [0.2, 0.25) is 0 Å². The molecular formula is C38H26N2O3. The maximum absolute atomic E-state index is 11.2. The van der Waals surface area contributed by atoms with E-state index in [9.17, 15) is 4.79 Å². The van der Waals surface area contributed by atoms with Crippen molar-refractivity contribution in [2.24, 2.45) is 0 Å². The Kier molecular flexibility index (Phi) is 6.58. The number of hydrogen-bond donors (Lipinski definition) is 1. The topological polar surface area (TPSA) is 77.5 Å². The second-order valence-corrected chi connectivity index (χ2v) is 10.6. The van der Waals surface area contributed by atoms with Crippen LogP contribution in [-0.4, -0.2) is 11.1 Å². The number of benzene rings is 5. The lowest BCUT2D eigenvalue weighted by atomic mass is 9.84. The Bertz CT molecular complexity index is 2080. The molecule has 5 nitrogen and oxygen atoms in total. The van der Waals surface area contributed by atoms with Crippen LogP contribution in [-0.2, 0) is 17.6 Å². The van der Waals surface area contributed by atoms with Gasteiger partial charge in [0.05, 0.1) is 5.69 Å². The first kappa shape index (κ1) is 26.1. The van der Waals surface area contributed by atoms with Gasteiger partial charge in [0.2, 0.25) is 0 Å². The number of aliphatic carboxylic acids is 1. The highest BCUT2D eigenvalue weighted by Crippen LogP contribution is 2.42. The van der Waals surface area contributed by atoms with Crippen LogP contribution in [0, 0.1) is 11.3 Å². The van der Waals surface area contributed by atoms with Gasteiger partial charge in [-0.2, -0.15) is 5.26 Å². The monoisotopic (exact) mass is 558 g/mol. The number of rotatable bonds is 6. The van der Waals surface area contributed by atoms with Gasteiger partial charge in [-0.05, 0) is 89.0 Å². The third kappa shape index (κ3) is 4.86. The van der Waals surface area contributed by atoms with Crippen LogP contribution in [0.3, 0.4) is 0 Å². The fourth-order valence-corrected chi connectivity index (χ4v) is 5.95. The molecule has 0 saturated carbocycles. The number of carboxylic acid groups (broad SMARTS) is 1. The molecule has 5 aromatic carbocycles. The fourth-order valence-electron chi connectivity index (χ4n) is 5.95. The zero-order chi connectivity index (χ0) is 29.3. The van der Waals surface area contributed by atoms with Crippen molar-refractivity contribution in [2.45, 2.75) is 12.8 Å². The van der Waals surface area contributed by atoms with Crippen LogP contribution in [0.5, 0.6) is 0 Å². The molecule has 206 valence electrons. The third-order valence-electron chi connectivity index (χ3n) is 7.98. The molecule has 0 aliphatic heterocycles. The van der Waals surface area contributed by atoms with Crippen molar-refractivity contribution in [1.29, 1.82) is 5.26 Å². The van der Waals surface area contributed by atoms with Crippen molar-refractivity contribution in [1.82, 2.24) is 0 Å². The molecule has 1 aliphatic rings. The van der Waals surface area contributed by atoms with Gasteiger partial charge in [-0.1, -0.05) is 72.8 Å². The molecule has 1 aromatic heterocycles. The molecular weight excluding hydrogens is 532 g/mol. The maximum atomic E-state index is 11.2. The van der Waals surface area contributed by atoms with E-state index in [0.29, 0.717) is 11.5 Å². The maximum Gasteiger partial charge on any atom is 0.346 e. The Morgan fingerprint density at radius 2 is 1.49 bits per heavy atom. The summed E-state index contributed by atoms with van der Waals surface area (Å²) < 4.78 is 5.87. The van der Waals surface area contributed by atoms with Crippen LogP contribution in [0.25, 0.3) is 39.3 Å². The SMILES string of the molecule is N#C/C(=C\c1ccc(-c2ccc3c(c2)CCc2cc(N(c4ccccc4)c4cccc5ccccc45)ccc2-3)o1)C(=O)O. The number of anilines is 3. The standard InChI is InChI=1S/C38H26N2O3/c39-24-29(38(41)42)23-32-17-20-37(43-32)28-15-18-33-26(21-28)13-14-27-22-31(16-19-34(27)33)40(30-9-2-1-3-10-30)36-12-6-8-25-7-4-5-11-35(25)36/h1-12,15-23H,13-14H2,(H,41,42)/b29-23+. The van der Waals surface area contributed by atoms with E-state index in [0.717, 1.165) is 35.5 Å². The lowest BCUT2D eigenvalue weighted by Gasteiger charge is -2.29. The molecule has 7 rings (SSSR count). The third-order valence-corrected chi connectivity index (χ3v) is 7.98. The van der Waals surface area contributed by atoms with E-state index in [2.05, 4.69) is 102 Å². The van der Waals surface area contributed by atoms with Crippen molar-refractivity contribution in [2.75, 3.05) is 4.90 Å². The highest BCUT2D eigenvalue weighted by molar-refractivity contribution is 5.99. The molecule has 0 amide bonds. The molecule has 6 aromatic rings. The summed E-state index contributed by atoms with van der Waals surface area (Å²) in [6.07, 6.45) is 3.05. The van der Waals surface area contributed by atoms with Gasteiger partial charge in [-0.15, -0.1) is 0 Å². The summed E-state index contributed by atoms with van der Waals surface area (Å²) >= 11 is 0. The number of carbonyl (C=O) groups is 1. The number of hydrogen-bond acceptors (Lipinski definition) is 4. The second kappa shape index (κ2) is 10.8.